The molecule has 0 aliphatic heterocycles. The molecule has 2 atom stereocenters. The van der Waals surface area contributed by atoms with E-state index in [0.29, 0.717) is 0 Å². The molecule has 0 fully saturated rings. The normalized spacial score (nSPS) is 14.4. The van der Waals surface area contributed by atoms with Gasteiger partial charge in [0, 0.05) is 6.04 Å². The van der Waals surface area contributed by atoms with Crippen LogP contribution in [0.25, 0.3) is 0 Å². The van der Waals surface area contributed by atoms with E-state index in [4.69, 9.17) is 4.74 Å². The zero-order valence-corrected chi connectivity index (χ0v) is 13.0. The molecule has 0 aromatic carbocycles. The lowest BCUT2D eigenvalue weighted by Gasteiger charge is -2.23. The maximum Gasteiger partial charge on any atom is 0.408 e. The first-order chi connectivity index (χ1) is 9.24. The summed E-state index contributed by atoms with van der Waals surface area (Å²) in [7, 11) is 0. The number of alkyl carbamates (subject to hydrolysis) is 1. The predicted molar refractivity (Wildman–Crippen MR) is 79.5 cm³/mol. The number of hydrogen-bond acceptors (Lipinski definition) is 3. The average molecular weight is 279 g/mol. The summed E-state index contributed by atoms with van der Waals surface area (Å²) in [5, 5.41) is 2.83. The summed E-state index contributed by atoms with van der Waals surface area (Å²) < 4.78 is 7.30. The van der Waals surface area contributed by atoms with Crippen molar-refractivity contribution in [3.63, 3.8) is 0 Å². The van der Waals surface area contributed by atoms with Crippen LogP contribution in [0.4, 0.5) is 4.79 Å². The number of nitrogens with one attached hydrogen (secondary N) is 1. The minimum absolute atomic E-state index is 0.167. The Morgan fingerprint density at radius 3 is 2.75 bits per heavy atom. The van der Waals surface area contributed by atoms with Crippen molar-refractivity contribution in [3.8, 4) is 0 Å². The molecule has 0 saturated heterocycles. The fourth-order valence-corrected chi connectivity index (χ4v) is 1.93. The van der Waals surface area contributed by atoms with Crippen molar-refractivity contribution in [1.29, 1.82) is 0 Å². The summed E-state index contributed by atoms with van der Waals surface area (Å²) in [6, 6.07) is 0.0903. The van der Waals surface area contributed by atoms with E-state index in [2.05, 4.69) is 23.8 Å². The van der Waals surface area contributed by atoms with Crippen LogP contribution in [0.1, 0.15) is 58.8 Å². The first-order valence-electron chi connectivity index (χ1n) is 6.86. The molecule has 0 radical (unpaired) electrons. The standard InChI is InChI=1S/C15H25N3O2/c1-7-8-11(2)18-10-16-9-13(18)12(3)17-14(19)20-15(4,5)6/h7,9-12H,1,8H2,2-6H3,(H,17,19). The minimum Gasteiger partial charge on any atom is -0.444 e. The minimum atomic E-state index is -0.500. The maximum absolute atomic E-state index is 11.8. The number of carbonyl (C=O) groups excluding carboxylic acids is 1. The Morgan fingerprint density at radius 2 is 2.20 bits per heavy atom. The summed E-state index contributed by atoms with van der Waals surface area (Å²) in [4.78, 5) is 16.0. The van der Waals surface area contributed by atoms with Crippen LogP contribution in [0.2, 0.25) is 0 Å². The third-order valence-electron chi connectivity index (χ3n) is 2.86. The molecule has 1 rings (SSSR count). The van der Waals surface area contributed by atoms with Gasteiger partial charge in [0.1, 0.15) is 5.60 Å². The summed E-state index contributed by atoms with van der Waals surface area (Å²) in [5.41, 5.74) is 0.449. The van der Waals surface area contributed by atoms with E-state index in [9.17, 15) is 4.79 Å². The van der Waals surface area contributed by atoms with Crippen molar-refractivity contribution >= 4 is 6.09 Å². The van der Waals surface area contributed by atoms with Gasteiger partial charge in [-0.1, -0.05) is 6.08 Å². The van der Waals surface area contributed by atoms with Crippen molar-refractivity contribution in [2.75, 3.05) is 0 Å². The Kier molecular flexibility index (Phi) is 5.36. The Balaban J connectivity index is 2.73. The lowest BCUT2D eigenvalue weighted by molar-refractivity contribution is 0.0506. The van der Waals surface area contributed by atoms with Gasteiger partial charge in [-0.15, -0.1) is 6.58 Å². The summed E-state index contributed by atoms with van der Waals surface area (Å²) >= 11 is 0. The molecule has 20 heavy (non-hydrogen) atoms. The molecule has 5 heteroatoms. The summed E-state index contributed by atoms with van der Waals surface area (Å²) in [5.74, 6) is 0. The molecular formula is C15H25N3O2. The molecule has 1 N–H and O–H groups in total. The number of carbonyl (C=O) groups is 1. The molecule has 2 unspecified atom stereocenters. The van der Waals surface area contributed by atoms with E-state index in [-0.39, 0.29) is 12.1 Å². The van der Waals surface area contributed by atoms with Crippen LogP contribution in [0.15, 0.2) is 25.2 Å². The molecular weight excluding hydrogens is 254 g/mol. The van der Waals surface area contributed by atoms with Crippen molar-refractivity contribution < 1.29 is 9.53 Å². The van der Waals surface area contributed by atoms with Crippen molar-refractivity contribution in [2.24, 2.45) is 0 Å². The van der Waals surface area contributed by atoms with E-state index in [1.807, 2.05) is 38.3 Å². The SMILES string of the molecule is C=CCC(C)n1cncc1C(C)NC(=O)OC(C)(C)C. The fourth-order valence-electron chi connectivity index (χ4n) is 1.93. The molecule has 5 nitrogen and oxygen atoms in total. The van der Waals surface area contributed by atoms with E-state index >= 15 is 0 Å². The lowest BCUT2D eigenvalue weighted by Crippen LogP contribution is -2.34. The third-order valence-corrected chi connectivity index (χ3v) is 2.86. The number of nitrogens with zero attached hydrogens (tertiary/aromatic N) is 2. The molecule has 1 amide bonds. The largest absolute Gasteiger partial charge is 0.444 e. The van der Waals surface area contributed by atoms with Gasteiger partial charge in [-0.05, 0) is 41.0 Å². The van der Waals surface area contributed by atoms with Gasteiger partial charge < -0.3 is 14.6 Å². The molecule has 1 aromatic heterocycles. The van der Waals surface area contributed by atoms with Crippen LogP contribution < -0.4 is 5.32 Å². The number of aromatic nitrogens is 2. The maximum atomic E-state index is 11.8. The van der Waals surface area contributed by atoms with Gasteiger partial charge in [0.2, 0.25) is 0 Å². The first kappa shape index (κ1) is 16.3. The Hall–Kier alpha value is -1.78. The number of amides is 1. The van der Waals surface area contributed by atoms with Gasteiger partial charge >= 0.3 is 6.09 Å². The second-order valence-electron chi connectivity index (χ2n) is 5.97. The Morgan fingerprint density at radius 1 is 1.55 bits per heavy atom. The number of allylic oxidation sites excluding steroid dienone is 1. The summed E-state index contributed by atoms with van der Waals surface area (Å²) in [6.45, 7) is 13.3. The van der Waals surface area contributed by atoms with E-state index in [0.717, 1.165) is 12.1 Å². The fraction of sp³-hybridized carbons (Fsp3) is 0.600. The molecule has 0 aliphatic carbocycles. The summed E-state index contributed by atoms with van der Waals surface area (Å²) in [6.07, 6.45) is 5.84. The number of rotatable bonds is 5. The molecule has 1 heterocycles. The topological polar surface area (TPSA) is 56.2 Å². The van der Waals surface area contributed by atoms with Crippen molar-refractivity contribution in [1.82, 2.24) is 14.9 Å². The predicted octanol–water partition coefficient (Wildman–Crippen LogP) is 3.61. The second-order valence-corrected chi connectivity index (χ2v) is 5.97. The van der Waals surface area contributed by atoms with E-state index < -0.39 is 11.7 Å². The zero-order chi connectivity index (χ0) is 15.3. The van der Waals surface area contributed by atoms with Crippen LogP contribution in [0.3, 0.4) is 0 Å². The lowest BCUT2D eigenvalue weighted by atomic mass is 10.2. The average Bonchev–Trinajstić information content (AvgIpc) is 2.75. The van der Waals surface area contributed by atoms with E-state index in [1.54, 1.807) is 12.5 Å². The third kappa shape index (κ3) is 4.72. The van der Waals surface area contributed by atoms with Gasteiger partial charge in [0.15, 0.2) is 0 Å². The highest BCUT2D eigenvalue weighted by atomic mass is 16.6. The molecule has 0 bridgehead atoms. The first-order valence-corrected chi connectivity index (χ1v) is 6.86. The van der Waals surface area contributed by atoms with Crippen molar-refractivity contribution in [3.05, 3.63) is 30.9 Å². The zero-order valence-electron chi connectivity index (χ0n) is 13.0. The molecule has 112 valence electrons. The Labute approximate surface area is 121 Å². The van der Waals surface area contributed by atoms with Gasteiger partial charge in [0.25, 0.3) is 0 Å². The number of imidazole rings is 1. The van der Waals surface area contributed by atoms with Crippen molar-refractivity contribution in [2.45, 2.75) is 58.7 Å². The van der Waals surface area contributed by atoms with Crippen LogP contribution in [-0.4, -0.2) is 21.2 Å². The molecule has 0 spiro atoms. The molecule has 0 saturated carbocycles. The quantitative estimate of drug-likeness (QED) is 0.838. The van der Waals surface area contributed by atoms with Crippen LogP contribution in [0, 0.1) is 0 Å². The second kappa shape index (κ2) is 6.59. The van der Waals surface area contributed by atoms with Gasteiger partial charge in [-0.2, -0.15) is 0 Å². The smallest absolute Gasteiger partial charge is 0.408 e. The highest BCUT2D eigenvalue weighted by Gasteiger charge is 2.20. The molecule has 0 aliphatic rings. The number of ether oxygens (including phenoxy) is 1. The van der Waals surface area contributed by atoms with Crippen LogP contribution in [0.5, 0.6) is 0 Å². The molecule has 1 aromatic rings. The van der Waals surface area contributed by atoms with Crippen LogP contribution >= 0.6 is 0 Å². The monoisotopic (exact) mass is 279 g/mol. The highest BCUT2D eigenvalue weighted by molar-refractivity contribution is 5.68. The van der Waals surface area contributed by atoms with Gasteiger partial charge in [-0.3, -0.25) is 0 Å². The van der Waals surface area contributed by atoms with Gasteiger partial charge in [-0.25, -0.2) is 9.78 Å². The van der Waals surface area contributed by atoms with Gasteiger partial charge in [0.05, 0.1) is 24.3 Å². The van der Waals surface area contributed by atoms with E-state index in [1.165, 1.54) is 0 Å². The number of hydrogen-bond donors (Lipinski definition) is 1. The highest BCUT2D eigenvalue weighted by Crippen LogP contribution is 2.20. The van der Waals surface area contributed by atoms with Crippen LogP contribution in [-0.2, 0) is 4.74 Å². The Bertz CT molecular complexity index is 460.